The van der Waals surface area contributed by atoms with Crippen LogP contribution >= 0.6 is 0 Å². The van der Waals surface area contributed by atoms with E-state index in [1.54, 1.807) is 48.5 Å². The molecule has 0 radical (unpaired) electrons. The Hall–Kier alpha value is -3.12. The molecule has 0 spiro atoms. The van der Waals surface area contributed by atoms with Crippen LogP contribution in [-0.2, 0) is 22.9 Å². The highest BCUT2D eigenvalue weighted by Gasteiger charge is 2.18. The fraction of sp³-hybridized carbons (Fsp3) is 0.296. The van der Waals surface area contributed by atoms with E-state index in [1.165, 1.54) is 24.0 Å². The lowest BCUT2D eigenvalue weighted by atomic mass is 9.88. The van der Waals surface area contributed by atoms with Crippen LogP contribution in [0.3, 0.4) is 0 Å². The Kier molecular flexibility index (Phi) is 6.84. The van der Waals surface area contributed by atoms with E-state index in [1.807, 2.05) is 6.92 Å². The Bertz CT molecular complexity index is 1230. The Labute approximate surface area is 196 Å². The van der Waals surface area contributed by atoms with Gasteiger partial charge in [0.15, 0.2) is 0 Å². The minimum Gasteiger partial charge on any atom is -0.345 e. The lowest BCUT2D eigenvalue weighted by Gasteiger charge is -2.22. The third kappa shape index (κ3) is 5.45. The zero-order valence-electron chi connectivity index (χ0n) is 19.1. The number of amides is 1. The quantitative estimate of drug-likeness (QED) is 0.483. The number of aryl methyl sites for hydroxylation is 3. The van der Waals surface area contributed by atoms with Crippen molar-refractivity contribution in [3.8, 4) is 0 Å². The number of rotatable bonds is 7. The highest BCUT2D eigenvalue weighted by molar-refractivity contribution is 7.92. The van der Waals surface area contributed by atoms with Crippen molar-refractivity contribution in [1.29, 1.82) is 0 Å². The molecule has 0 saturated carbocycles. The molecule has 0 heterocycles. The number of carbonyl (C=O) groups excluding carboxylic acids is 1. The number of carbonyl (C=O) groups is 1. The Morgan fingerprint density at radius 1 is 0.909 bits per heavy atom. The van der Waals surface area contributed by atoms with Gasteiger partial charge in [0.25, 0.3) is 15.9 Å². The maximum atomic E-state index is 12.9. The standard InChI is InChI=1S/C27H30N2O3S/c1-3-26(23-11-10-20-6-4-5-7-22(20)18-23)28-27(30)21-12-14-24(15-13-21)29-33(31,32)25-16-8-19(2)9-17-25/h8-18,26,29H,3-7H2,1-2H3,(H,28,30)/t26-/m1/s1. The van der Waals surface area contributed by atoms with Crippen LogP contribution in [0.2, 0.25) is 0 Å². The van der Waals surface area contributed by atoms with Crippen LogP contribution in [0.4, 0.5) is 5.69 Å². The molecule has 0 fully saturated rings. The first kappa shape index (κ1) is 23.1. The van der Waals surface area contributed by atoms with Gasteiger partial charge in [-0.05, 0) is 92.1 Å². The smallest absolute Gasteiger partial charge is 0.261 e. The zero-order valence-corrected chi connectivity index (χ0v) is 19.9. The molecular weight excluding hydrogens is 432 g/mol. The van der Waals surface area contributed by atoms with Gasteiger partial charge in [-0.2, -0.15) is 0 Å². The normalized spacial score (nSPS) is 14.2. The SMILES string of the molecule is CC[C@@H](NC(=O)c1ccc(NS(=O)(=O)c2ccc(C)cc2)cc1)c1ccc2c(c1)CCCC2. The van der Waals surface area contributed by atoms with Crippen LogP contribution in [0.15, 0.2) is 71.6 Å². The Morgan fingerprint density at radius 3 is 2.24 bits per heavy atom. The first-order valence-corrected chi connectivity index (χ1v) is 13.0. The molecule has 0 saturated heterocycles. The Morgan fingerprint density at radius 2 is 1.58 bits per heavy atom. The van der Waals surface area contributed by atoms with Crippen LogP contribution in [0.1, 0.15) is 64.8 Å². The van der Waals surface area contributed by atoms with E-state index >= 15 is 0 Å². The van der Waals surface area contributed by atoms with Crippen molar-refractivity contribution in [2.45, 2.75) is 56.9 Å². The van der Waals surface area contributed by atoms with Gasteiger partial charge in [0.1, 0.15) is 0 Å². The van der Waals surface area contributed by atoms with Crippen LogP contribution in [-0.4, -0.2) is 14.3 Å². The average molecular weight is 463 g/mol. The fourth-order valence-electron chi connectivity index (χ4n) is 4.25. The molecule has 172 valence electrons. The molecule has 1 aliphatic carbocycles. The monoisotopic (exact) mass is 462 g/mol. The summed E-state index contributed by atoms with van der Waals surface area (Å²) >= 11 is 0. The largest absolute Gasteiger partial charge is 0.345 e. The lowest BCUT2D eigenvalue weighted by Crippen LogP contribution is -2.28. The van der Waals surface area contributed by atoms with Gasteiger partial charge in [0.2, 0.25) is 0 Å². The molecule has 0 aliphatic heterocycles. The summed E-state index contributed by atoms with van der Waals surface area (Å²) in [7, 11) is -3.68. The Balaban J connectivity index is 1.44. The molecule has 0 aromatic heterocycles. The van der Waals surface area contributed by atoms with Gasteiger partial charge in [-0.1, -0.05) is 42.8 Å². The summed E-state index contributed by atoms with van der Waals surface area (Å²) in [6, 6.07) is 19.7. The predicted octanol–water partition coefficient (Wildman–Crippen LogP) is 5.56. The van der Waals surface area contributed by atoms with Gasteiger partial charge < -0.3 is 5.32 Å². The number of hydrogen-bond donors (Lipinski definition) is 2. The number of hydrogen-bond acceptors (Lipinski definition) is 3. The molecule has 2 N–H and O–H groups in total. The summed E-state index contributed by atoms with van der Waals surface area (Å²) in [4.78, 5) is 13.1. The van der Waals surface area contributed by atoms with Crippen LogP contribution < -0.4 is 10.0 Å². The molecule has 3 aromatic carbocycles. The predicted molar refractivity (Wildman–Crippen MR) is 132 cm³/mol. The maximum absolute atomic E-state index is 12.9. The van der Waals surface area contributed by atoms with Gasteiger partial charge >= 0.3 is 0 Å². The molecule has 0 bridgehead atoms. The summed E-state index contributed by atoms with van der Waals surface area (Å²) in [6.45, 7) is 3.97. The van der Waals surface area contributed by atoms with E-state index in [0.717, 1.165) is 30.4 Å². The van der Waals surface area contributed by atoms with Crippen molar-refractivity contribution in [3.05, 3.63) is 94.5 Å². The molecule has 5 nitrogen and oxygen atoms in total. The van der Waals surface area contributed by atoms with Crippen LogP contribution in [0.5, 0.6) is 0 Å². The van der Waals surface area contributed by atoms with E-state index in [2.05, 4.69) is 35.2 Å². The van der Waals surface area contributed by atoms with Crippen LogP contribution in [0, 0.1) is 6.92 Å². The van der Waals surface area contributed by atoms with E-state index in [4.69, 9.17) is 0 Å². The number of nitrogens with one attached hydrogen (secondary N) is 2. The van der Waals surface area contributed by atoms with Crippen LogP contribution in [0.25, 0.3) is 0 Å². The number of sulfonamides is 1. The number of benzene rings is 3. The average Bonchev–Trinajstić information content (AvgIpc) is 2.82. The third-order valence-electron chi connectivity index (χ3n) is 6.22. The van der Waals surface area contributed by atoms with Crippen molar-refractivity contribution in [2.75, 3.05) is 4.72 Å². The van der Waals surface area contributed by atoms with Crippen molar-refractivity contribution in [1.82, 2.24) is 5.32 Å². The second-order valence-corrected chi connectivity index (χ2v) is 10.3. The molecular formula is C27H30N2O3S. The first-order chi connectivity index (χ1) is 15.9. The fourth-order valence-corrected chi connectivity index (χ4v) is 5.31. The first-order valence-electron chi connectivity index (χ1n) is 11.5. The highest BCUT2D eigenvalue weighted by Crippen LogP contribution is 2.26. The van der Waals surface area contributed by atoms with E-state index in [9.17, 15) is 13.2 Å². The second kappa shape index (κ2) is 9.79. The summed E-state index contributed by atoms with van der Waals surface area (Å²) < 4.78 is 27.7. The minimum atomic E-state index is -3.68. The van der Waals surface area contributed by atoms with Crippen molar-refractivity contribution in [2.24, 2.45) is 0 Å². The summed E-state index contributed by atoms with van der Waals surface area (Å²) in [5.74, 6) is -0.174. The molecule has 1 atom stereocenters. The van der Waals surface area contributed by atoms with Crippen molar-refractivity contribution >= 4 is 21.6 Å². The molecule has 3 aromatic rings. The van der Waals surface area contributed by atoms with Gasteiger partial charge in [-0.25, -0.2) is 8.42 Å². The van der Waals surface area contributed by atoms with E-state index < -0.39 is 10.0 Å². The zero-order chi connectivity index (χ0) is 23.4. The summed E-state index contributed by atoms with van der Waals surface area (Å²) in [6.07, 6.45) is 5.50. The maximum Gasteiger partial charge on any atom is 0.261 e. The van der Waals surface area contributed by atoms with Gasteiger partial charge in [0.05, 0.1) is 10.9 Å². The molecule has 33 heavy (non-hydrogen) atoms. The summed E-state index contributed by atoms with van der Waals surface area (Å²) in [5.41, 5.74) is 5.85. The van der Waals surface area contributed by atoms with Crippen molar-refractivity contribution in [3.63, 3.8) is 0 Å². The second-order valence-electron chi connectivity index (χ2n) is 8.67. The molecule has 1 amide bonds. The molecule has 1 aliphatic rings. The highest BCUT2D eigenvalue weighted by atomic mass is 32.2. The van der Waals surface area contributed by atoms with E-state index in [-0.39, 0.29) is 16.8 Å². The van der Waals surface area contributed by atoms with Gasteiger partial charge in [-0.3, -0.25) is 9.52 Å². The lowest BCUT2D eigenvalue weighted by molar-refractivity contribution is 0.0935. The molecule has 0 unspecified atom stereocenters. The summed E-state index contributed by atoms with van der Waals surface area (Å²) in [5, 5.41) is 3.13. The van der Waals surface area contributed by atoms with Gasteiger partial charge in [0, 0.05) is 11.3 Å². The molecule has 6 heteroatoms. The van der Waals surface area contributed by atoms with Gasteiger partial charge in [-0.15, -0.1) is 0 Å². The number of fused-ring (bicyclic) bond motifs is 1. The third-order valence-corrected chi connectivity index (χ3v) is 7.62. The number of anilines is 1. The topological polar surface area (TPSA) is 75.3 Å². The molecule has 4 rings (SSSR count). The minimum absolute atomic E-state index is 0.0653. The van der Waals surface area contributed by atoms with E-state index in [0.29, 0.717) is 11.3 Å². The van der Waals surface area contributed by atoms with Crippen molar-refractivity contribution < 1.29 is 13.2 Å².